The number of methoxy groups -OCH3 is 1. The van der Waals surface area contributed by atoms with Gasteiger partial charge in [-0.1, -0.05) is 11.6 Å². The number of rotatable bonds is 6. The van der Waals surface area contributed by atoms with Gasteiger partial charge in [-0.2, -0.15) is 5.10 Å². The van der Waals surface area contributed by atoms with Crippen molar-refractivity contribution in [2.75, 3.05) is 17.7 Å². The second kappa shape index (κ2) is 9.80. The van der Waals surface area contributed by atoms with Gasteiger partial charge in [0.25, 0.3) is 0 Å². The van der Waals surface area contributed by atoms with Crippen LogP contribution in [0.1, 0.15) is 17.0 Å². The maximum atomic E-state index is 12.4. The molecule has 0 atom stereocenters. The topological polar surface area (TPSA) is 103 Å². The van der Waals surface area contributed by atoms with Gasteiger partial charge in [0.2, 0.25) is 5.88 Å². The Morgan fingerprint density at radius 3 is 2.35 bits per heavy atom. The summed E-state index contributed by atoms with van der Waals surface area (Å²) in [5.41, 5.74) is 4.13. The molecule has 0 aliphatic carbocycles. The molecular formula is C24H23ClN6O3. The van der Waals surface area contributed by atoms with Crippen molar-refractivity contribution in [2.24, 2.45) is 0 Å². The number of hydrogen-bond acceptors (Lipinski definition) is 6. The first-order chi connectivity index (χ1) is 16.3. The summed E-state index contributed by atoms with van der Waals surface area (Å²) in [6.45, 7) is 5.97. The van der Waals surface area contributed by atoms with E-state index in [-0.39, 0.29) is 0 Å². The fraction of sp³-hybridized carbons (Fsp3) is 0.167. The zero-order valence-corrected chi connectivity index (χ0v) is 19.8. The van der Waals surface area contributed by atoms with E-state index in [4.69, 9.17) is 21.1 Å². The van der Waals surface area contributed by atoms with E-state index in [1.807, 2.05) is 20.8 Å². The number of anilines is 2. The zero-order valence-electron chi connectivity index (χ0n) is 19.1. The summed E-state index contributed by atoms with van der Waals surface area (Å²) in [6.07, 6.45) is 0. The maximum Gasteiger partial charge on any atom is 0.323 e. The smallest absolute Gasteiger partial charge is 0.323 e. The Bertz CT molecular complexity index is 1320. The Hall–Kier alpha value is -4.11. The number of nitrogens with zero attached hydrogens (tertiary/aromatic N) is 4. The third-order valence-electron chi connectivity index (χ3n) is 5.24. The van der Waals surface area contributed by atoms with Gasteiger partial charge in [-0.3, -0.25) is 0 Å². The molecule has 4 rings (SSSR count). The molecule has 0 aliphatic rings. The summed E-state index contributed by atoms with van der Waals surface area (Å²) in [5.74, 6) is 2.01. The molecule has 0 aliphatic heterocycles. The highest BCUT2D eigenvalue weighted by Gasteiger charge is 2.11. The van der Waals surface area contributed by atoms with Gasteiger partial charge >= 0.3 is 6.03 Å². The van der Waals surface area contributed by atoms with Crippen LogP contribution in [-0.4, -0.2) is 33.1 Å². The summed E-state index contributed by atoms with van der Waals surface area (Å²) in [7, 11) is 1.52. The van der Waals surface area contributed by atoms with Crippen LogP contribution in [0.2, 0.25) is 5.02 Å². The monoisotopic (exact) mass is 478 g/mol. The van der Waals surface area contributed by atoms with Crippen molar-refractivity contribution < 1.29 is 14.3 Å². The molecule has 0 radical (unpaired) electrons. The standard InChI is InChI=1S/C24H23ClN6O3/c1-14-15(2)30-31(16(14)3)22-11-12-23(29-28-22)34-19-8-6-18(7-9-19)26-24(32)27-20-13-17(25)5-10-21(20)33-4/h5-13H,1-4H3,(H2,26,27,32). The predicted molar refractivity (Wildman–Crippen MR) is 131 cm³/mol. The fourth-order valence-corrected chi connectivity index (χ4v) is 3.39. The Labute approximate surface area is 201 Å². The van der Waals surface area contributed by atoms with Crippen molar-refractivity contribution >= 4 is 29.0 Å². The molecular weight excluding hydrogens is 456 g/mol. The number of aryl methyl sites for hydroxylation is 1. The van der Waals surface area contributed by atoms with Crippen LogP contribution in [0.4, 0.5) is 16.2 Å². The highest BCUT2D eigenvalue weighted by atomic mass is 35.5. The Morgan fingerprint density at radius 2 is 1.74 bits per heavy atom. The van der Waals surface area contributed by atoms with E-state index in [0.29, 0.717) is 39.6 Å². The average molecular weight is 479 g/mol. The average Bonchev–Trinajstić information content (AvgIpc) is 3.08. The van der Waals surface area contributed by atoms with Gasteiger partial charge in [0, 0.05) is 22.5 Å². The van der Waals surface area contributed by atoms with Crippen LogP contribution in [0.15, 0.2) is 54.6 Å². The predicted octanol–water partition coefficient (Wildman–Crippen LogP) is 5.69. The maximum absolute atomic E-state index is 12.4. The summed E-state index contributed by atoms with van der Waals surface area (Å²) in [5, 5.41) is 18.8. The molecule has 174 valence electrons. The third-order valence-corrected chi connectivity index (χ3v) is 5.48. The van der Waals surface area contributed by atoms with Gasteiger partial charge in [-0.05, 0) is 74.9 Å². The number of benzene rings is 2. The van der Waals surface area contributed by atoms with Gasteiger partial charge in [-0.15, -0.1) is 10.2 Å². The van der Waals surface area contributed by atoms with Crippen molar-refractivity contribution in [1.29, 1.82) is 0 Å². The second-order valence-electron chi connectivity index (χ2n) is 7.49. The fourth-order valence-electron chi connectivity index (χ4n) is 3.21. The van der Waals surface area contributed by atoms with Crippen LogP contribution < -0.4 is 20.1 Å². The molecule has 10 heteroatoms. The molecule has 2 aromatic carbocycles. The number of aromatic nitrogens is 4. The molecule has 2 aromatic heterocycles. The molecule has 2 N–H and O–H groups in total. The van der Waals surface area contributed by atoms with Crippen molar-refractivity contribution in [1.82, 2.24) is 20.0 Å². The summed E-state index contributed by atoms with van der Waals surface area (Å²) < 4.78 is 12.8. The van der Waals surface area contributed by atoms with Crippen molar-refractivity contribution in [3.63, 3.8) is 0 Å². The SMILES string of the molecule is COc1ccc(Cl)cc1NC(=O)Nc1ccc(Oc2ccc(-n3nc(C)c(C)c3C)nn2)cc1. The van der Waals surface area contributed by atoms with Crippen LogP contribution in [0, 0.1) is 20.8 Å². The van der Waals surface area contributed by atoms with Crippen LogP contribution in [0.25, 0.3) is 5.82 Å². The third kappa shape index (κ3) is 5.10. The number of carbonyl (C=O) groups excluding carboxylic acids is 1. The lowest BCUT2D eigenvalue weighted by Crippen LogP contribution is -2.19. The molecule has 0 bridgehead atoms. The molecule has 0 unspecified atom stereocenters. The molecule has 0 saturated heterocycles. The lowest BCUT2D eigenvalue weighted by molar-refractivity contribution is 0.262. The van der Waals surface area contributed by atoms with E-state index in [9.17, 15) is 4.79 Å². The van der Waals surface area contributed by atoms with E-state index < -0.39 is 6.03 Å². The molecule has 0 saturated carbocycles. The summed E-state index contributed by atoms with van der Waals surface area (Å²) in [4.78, 5) is 12.4. The zero-order chi connectivity index (χ0) is 24.2. The number of hydrogen-bond donors (Lipinski definition) is 2. The van der Waals surface area contributed by atoms with E-state index in [1.54, 1.807) is 59.3 Å². The highest BCUT2D eigenvalue weighted by Crippen LogP contribution is 2.28. The number of urea groups is 1. The lowest BCUT2D eigenvalue weighted by Gasteiger charge is -2.12. The minimum atomic E-state index is -0.435. The van der Waals surface area contributed by atoms with E-state index in [2.05, 4.69) is 25.9 Å². The van der Waals surface area contributed by atoms with E-state index >= 15 is 0 Å². The second-order valence-corrected chi connectivity index (χ2v) is 7.92. The number of amides is 2. The molecule has 2 heterocycles. The molecule has 9 nitrogen and oxygen atoms in total. The quantitative estimate of drug-likeness (QED) is 0.369. The van der Waals surface area contributed by atoms with E-state index in [0.717, 1.165) is 17.0 Å². The van der Waals surface area contributed by atoms with Gasteiger partial charge in [0.15, 0.2) is 5.82 Å². The number of halogens is 1. The molecule has 34 heavy (non-hydrogen) atoms. The van der Waals surface area contributed by atoms with Crippen LogP contribution in [0.3, 0.4) is 0 Å². The number of ether oxygens (including phenoxy) is 2. The first kappa shape index (κ1) is 23.1. The van der Waals surface area contributed by atoms with Gasteiger partial charge in [0.1, 0.15) is 11.5 Å². The number of nitrogens with one attached hydrogen (secondary N) is 2. The molecule has 0 spiro atoms. The van der Waals surface area contributed by atoms with Crippen molar-refractivity contribution in [3.8, 4) is 23.2 Å². The van der Waals surface area contributed by atoms with Gasteiger partial charge < -0.3 is 20.1 Å². The van der Waals surface area contributed by atoms with Gasteiger partial charge in [-0.25, -0.2) is 9.48 Å². The highest BCUT2D eigenvalue weighted by molar-refractivity contribution is 6.31. The van der Waals surface area contributed by atoms with Crippen LogP contribution in [0.5, 0.6) is 17.4 Å². The van der Waals surface area contributed by atoms with Gasteiger partial charge in [0.05, 0.1) is 18.5 Å². The molecule has 4 aromatic rings. The molecule has 0 fully saturated rings. The lowest BCUT2D eigenvalue weighted by atomic mass is 10.2. The largest absolute Gasteiger partial charge is 0.495 e. The Kier molecular flexibility index (Phi) is 6.65. The first-order valence-electron chi connectivity index (χ1n) is 10.4. The summed E-state index contributed by atoms with van der Waals surface area (Å²) >= 11 is 6.00. The number of carbonyl (C=O) groups is 1. The first-order valence-corrected chi connectivity index (χ1v) is 10.8. The Balaban J connectivity index is 1.38. The van der Waals surface area contributed by atoms with Crippen molar-refractivity contribution in [3.05, 3.63) is 76.6 Å². The van der Waals surface area contributed by atoms with Crippen molar-refractivity contribution in [2.45, 2.75) is 20.8 Å². The minimum absolute atomic E-state index is 0.341. The Morgan fingerprint density at radius 1 is 0.971 bits per heavy atom. The minimum Gasteiger partial charge on any atom is -0.495 e. The van der Waals surface area contributed by atoms with Crippen LogP contribution in [-0.2, 0) is 0 Å². The normalized spacial score (nSPS) is 10.6. The summed E-state index contributed by atoms with van der Waals surface area (Å²) in [6, 6.07) is 14.9. The van der Waals surface area contributed by atoms with Crippen LogP contribution >= 0.6 is 11.6 Å². The molecule has 2 amide bonds. The van der Waals surface area contributed by atoms with E-state index in [1.165, 1.54) is 7.11 Å².